The van der Waals surface area contributed by atoms with Crippen molar-refractivity contribution in [3.05, 3.63) is 77.2 Å². The summed E-state index contributed by atoms with van der Waals surface area (Å²) in [7, 11) is 6.37. The molecule has 3 aromatic rings. The van der Waals surface area contributed by atoms with E-state index in [1.165, 1.54) is 4.90 Å². The smallest absolute Gasteiger partial charge is 0.289 e. The van der Waals surface area contributed by atoms with Gasteiger partial charge in [0.1, 0.15) is 23.0 Å². The van der Waals surface area contributed by atoms with Crippen LogP contribution in [0.15, 0.2) is 59.0 Å². The third-order valence-electron chi connectivity index (χ3n) is 5.57. The lowest BCUT2D eigenvalue weighted by molar-refractivity contribution is 0.0460. The quantitative estimate of drug-likeness (QED) is 0.541. The van der Waals surface area contributed by atoms with Crippen molar-refractivity contribution in [2.45, 2.75) is 25.5 Å². The largest absolute Gasteiger partial charge is 0.496 e. The van der Waals surface area contributed by atoms with E-state index >= 15 is 0 Å². The Morgan fingerprint density at radius 2 is 1.62 bits per heavy atom. The second-order valence-corrected chi connectivity index (χ2v) is 7.47. The Morgan fingerprint density at radius 1 is 1.00 bits per heavy atom. The minimum atomic E-state index is -0.813. The van der Waals surface area contributed by atoms with E-state index in [-0.39, 0.29) is 11.7 Å². The van der Waals surface area contributed by atoms with Gasteiger partial charge in [0.15, 0.2) is 5.76 Å². The van der Waals surface area contributed by atoms with Crippen LogP contribution in [0, 0.1) is 0 Å². The van der Waals surface area contributed by atoms with Crippen molar-refractivity contribution >= 4 is 5.91 Å². The summed E-state index contributed by atoms with van der Waals surface area (Å²) >= 11 is 0. The number of likely N-dealkylation sites (N-methyl/N-ethyl adjacent to an activating group) is 1. The van der Waals surface area contributed by atoms with Gasteiger partial charge < -0.3 is 28.6 Å². The topological polar surface area (TPSA) is 81.4 Å². The van der Waals surface area contributed by atoms with E-state index in [1.807, 2.05) is 30.3 Å². The molecule has 1 aromatic heterocycles. The van der Waals surface area contributed by atoms with Gasteiger partial charge in [-0.1, -0.05) is 30.3 Å². The fourth-order valence-corrected chi connectivity index (χ4v) is 3.51. The van der Waals surface area contributed by atoms with E-state index in [9.17, 15) is 9.90 Å². The van der Waals surface area contributed by atoms with E-state index in [0.717, 1.165) is 11.1 Å². The molecule has 0 aliphatic heterocycles. The summed E-state index contributed by atoms with van der Waals surface area (Å²) < 4.78 is 22.1. The number of aliphatic hydroxyl groups excluding tert-OH is 1. The van der Waals surface area contributed by atoms with Crippen LogP contribution in [0.25, 0.3) is 0 Å². The number of rotatable bonds is 9. The van der Waals surface area contributed by atoms with Crippen LogP contribution in [0.1, 0.15) is 40.5 Å². The van der Waals surface area contributed by atoms with Gasteiger partial charge in [-0.25, -0.2) is 0 Å². The van der Waals surface area contributed by atoms with Gasteiger partial charge in [0.05, 0.1) is 33.5 Å². The van der Waals surface area contributed by atoms with E-state index in [1.54, 1.807) is 59.6 Å². The van der Waals surface area contributed by atoms with E-state index in [0.29, 0.717) is 29.4 Å². The number of furan rings is 1. The van der Waals surface area contributed by atoms with Crippen LogP contribution in [0.2, 0.25) is 0 Å². The third kappa shape index (κ3) is 4.89. The molecule has 2 atom stereocenters. The number of aliphatic hydroxyl groups is 1. The van der Waals surface area contributed by atoms with Gasteiger partial charge in [0.2, 0.25) is 0 Å². The number of benzene rings is 2. The van der Waals surface area contributed by atoms with E-state index in [2.05, 4.69) is 0 Å². The fraction of sp³-hybridized carbons (Fsp3) is 0.320. The van der Waals surface area contributed by atoms with Crippen molar-refractivity contribution in [3.63, 3.8) is 0 Å². The van der Waals surface area contributed by atoms with Crippen molar-refractivity contribution in [3.8, 4) is 17.2 Å². The Hall–Kier alpha value is -3.45. The van der Waals surface area contributed by atoms with E-state index < -0.39 is 12.1 Å². The molecule has 0 spiro atoms. The van der Waals surface area contributed by atoms with Crippen molar-refractivity contribution in [2.24, 2.45) is 0 Å². The van der Waals surface area contributed by atoms with Gasteiger partial charge in [-0.2, -0.15) is 0 Å². The Bertz CT molecular complexity index is 1020. The fourth-order valence-electron chi connectivity index (χ4n) is 3.51. The number of methoxy groups -OCH3 is 3. The van der Waals surface area contributed by atoms with Gasteiger partial charge in [-0.15, -0.1) is 0 Å². The number of amides is 1. The van der Waals surface area contributed by atoms with Crippen molar-refractivity contribution < 1.29 is 28.5 Å². The van der Waals surface area contributed by atoms with Crippen molar-refractivity contribution in [2.75, 3.05) is 28.4 Å². The molecule has 0 fully saturated rings. The average molecular weight is 440 g/mol. The molecular formula is C25H29NO6. The normalized spacial score (nSPS) is 12.7. The van der Waals surface area contributed by atoms with Gasteiger partial charge in [0.25, 0.3) is 5.91 Å². The molecule has 7 heteroatoms. The summed E-state index contributed by atoms with van der Waals surface area (Å²) in [5.41, 5.74) is 1.53. The lowest BCUT2D eigenvalue weighted by Crippen LogP contribution is -2.38. The zero-order valence-corrected chi connectivity index (χ0v) is 19.0. The predicted octanol–water partition coefficient (Wildman–Crippen LogP) is 4.09. The second kappa shape index (κ2) is 10.2. The summed E-state index contributed by atoms with van der Waals surface area (Å²) in [6, 6.07) is 15.7. The molecule has 170 valence electrons. The number of hydrogen-bond acceptors (Lipinski definition) is 6. The zero-order chi connectivity index (χ0) is 23.3. The summed E-state index contributed by atoms with van der Waals surface area (Å²) in [4.78, 5) is 14.5. The molecule has 0 saturated heterocycles. The molecule has 0 aliphatic carbocycles. The maximum atomic E-state index is 13.0. The first-order chi connectivity index (χ1) is 15.4. The van der Waals surface area contributed by atoms with Crippen LogP contribution < -0.4 is 14.2 Å². The zero-order valence-electron chi connectivity index (χ0n) is 19.0. The predicted molar refractivity (Wildman–Crippen MR) is 121 cm³/mol. The molecule has 1 unspecified atom stereocenters. The Labute approximate surface area is 188 Å². The molecule has 32 heavy (non-hydrogen) atoms. The lowest BCUT2D eigenvalue weighted by atomic mass is 10.0. The SMILES string of the molecule is COc1cc(OC)c(Cc2ccc(C(=O)N(C)C(C)[C@H](O)c3ccccc3)o2)c(OC)c1. The second-order valence-electron chi connectivity index (χ2n) is 7.47. The molecule has 7 nitrogen and oxygen atoms in total. The minimum absolute atomic E-state index is 0.195. The minimum Gasteiger partial charge on any atom is -0.496 e. The van der Waals surface area contributed by atoms with Gasteiger partial charge in [-0.3, -0.25) is 4.79 Å². The number of carbonyl (C=O) groups excluding carboxylic acids is 1. The molecular weight excluding hydrogens is 410 g/mol. The molecule has 1 N–H and O–H groups in total. The van der Waals surface area contributed by atoms with Crippen LogP contribution in [-0.2, 0) is 6.42 Å². The van der Waals surface area contributed by atoms with E-state index in [4.69, 9.17) is 18.6 Å². The average Bonchev–Trinajstić information content (AvgIpc) is 3.31. The first-order valence-electron chi connectivity index (χ1n) is 10.3. The van der Waals surface area contributed by atoms with Crippen LogP contribution in [0.5, 0.6) is 17.2 Å². The third-order valence-corrected chi connectivity index (χ3v) is 5.57. The highest BCUT2D eigenvalue weighted by Crippen LogP contribution is 2.36. The van der Waals surface area contributed by atoms with Gasteiger partial charge in [0, 0.05) is 31.2 Å². The monoisotopic (exact) mass is 439 g/mol. The standard InChI is InChI=1S/C25H29NO6/c1-16(24(27)17-9-7-6-8-10-17)26(2)25(28)21-12-11-18(32-21)13-20-22(30-4)14-19(29-3)15-23(20)31-5/h6-12,14-16,24,27H,13H2,1-5H3/t16?,24-/m0/s1. The number of hydrogen-bond donors (Lipinski definition) is 1. The number of nitrogens with zero attached hydrogens (tertiary/aromatic N) is 1. The highest BCUT2D eigenvalue weighted by atomic mass is 16.5. The van der Waals surface area contributed by atoms with Crippen LogP contribution in [0.3, 0.4) is 0 Å². The summed E-state index contributed by atoms with van der Waals surface area (Å²) in [6.07, 6.45) is -0.442. The Morgan fingerprint density at radius 3 is 2.19 bits per heavy atom. The van der Waals surface area contributed by atoms with Gasteiger partial charge >= 0.3 is 0 Å². The first kappa shape index (κ1) is 23.2. The summed E-state index contributed by atoms with van der Waals surface area (Å²) in [5.74, 6) is 2.28. The molecule has 2 aromatic carbocycles. The van der Waals surface area contributed by atoms with Crippen LogP contribution >= 0.6 is 0 Å². The number of ether oxygens (including phenoxy) is 3. The maximum Gasteiger partial charge on any atom is 0.289 e. The first-order valence-corrected chi connectivity index (χ1v) is 10.3. The molecule has 3 rings (SSSR count). The van der Waals surface area contributed by atoms with Crippen molar-refractivity contribution in [1.82, 2.24) is 4.90 Å². The molecule has 0 aliphatic rings. The summed E-state index contributed by atoms with van der Waals surface area (Å²) in [5, 5.41) is 10.7. The highest BCUT2D eigenvalue weighted by molar-refractivity contribution is 5.91. The van der Waals surface area contributed by atoms with Crippen LogP contribution in [-0.4, -0.2) is 50.3 Å². The molecule has 0 radical (unpaired) electrons. The van der Waals surface area contributed by atoms with Crippen molar-refractivity contribution in [1.29, 1.82) is 0 Å². The summed E-state index contributed by atoms with van der Waals surface area (Å²) in [6.45, 7) is 1.80. The molecule has 0 bridgehead atoms. The Balaban J connectivity index is 1.78. The van der Waals surface area contributed by atoms with Gasteiger partial charge in [-0.05, 0) is 24.6 Å². The molecule has 0 saturated carbocycles. The highest BCUT2D eigenvalue weighted by Gasteiger charge is 2.27. The Kier molecular flexibility index (Phi) is 7.43. The molecule has 1 heterocycles. The molecule has 1 amide bonds. The maximum absolute atomic E-state index is 13.0. The number of carbonyl (C=O) groups is 1. The lowest BCUT2D eigenvalue weighted by Gasteiger charge is -2.28. The van der Waals surface area contributed by atoms with Crippen LogP contribution in [0.4, 0.5) is 0 Å².